The lowest BCUT2D eigenvalue weighted by molar-refractivity contribution is -0.115. The Morgan fingerprint density at radius 3 is 2.21 bits per heavy atom. The fraction of sp³-hybridized carbons (Fsp3) is 0.250. The van der Waals surface area contributed by atoms with E-state index in [9.17, 15) is 9.59 Å². The van der Waals surface area contributed by atoms with Gasteiger partial charge < -0.3 is 19.5 Å². The van der Waals surface area contributed by atoms with E-state index in [-0.39, 0.29) is 12.3 Å². The first kappa shape index (κ1) is 20.8. The lowest BCUT2D eigenvalue weighted by atomic mass is 10.2. The van der Waals surface area contributed by atoms with Gasteiger partial charge in [-0.15, -0.1) is 0 Å². The number of rotatable bonds is 8. The number of carbonyl (C=O) groups excluding carboxylic acids is 2. The fourth-order valence-electron chi connectivity index (χ4n) is 2.36. The number of para-hydroxylation sites is 2. The zero-order valence-corrected chi connectivity index (χ0v) is 16.2. The third-order valence-corrected chi connectivity index (χ3v) is 3.76. The summed E-state index contributed by atoms with van der Waals surface area (Å²) in [4.78, 5) is 24.5. The Kier molecular flexibility index (Phi) is 7.38. The summed E-state index contributed by atoms with van der Waals surface area (Å²) in [6.07, 6.45) is 0.0137. The zero-order chi connectivity index (χ0) is 20.5. The maximum atomic E-state index is 12.3. The van der Waals surface area contributed by atoms with Crippen LogP contribution in [-0.4, -0.2) is 38.9 Å². The summed E-state index contributed by atoms with van der Waals surface area (Å²) in [6, 6.07) is 11.9. The van der Waals surface area contributed by atoms with E-state index in [4.69, 9.17) is 14.2 Å². The van der Waals surface area contributed by atoms with Crippen LogP contribution in [0.4, 0.5) is 5.69 Å². The van der Waals surface area contributed by atoms with E-state index in [1.807, 2.05) is 6.07 Å². The second-order valence-electron chi connectivity index (χ2n) is 5.81. The van der Waals surface area contributed by atoms with Gasteiger partial charge in [-0.25, -0.2) is 5.43 Å². The van der Waals surface area contributed by atoms with Crippen LogP contribution >= 0.6 is 0 Å². The Hall–Kier alpha value is -3.55. The number of ether oxygens (including phenoxy) is 3. The Bertz CT molecular complexity index is 858. The van der Waals surface area contributed by atoms with E-state index >= 15 is 0 Å². The summed E-state index contributed by atoms with van der Waals surface area (Å²) in [5.41, 5.74) is 3.76. The fourth-order valence-corrected chi connectivity index (χ4v) is 2.36. The monoisotopic (exact) mass is 385 g/mol. The molecule has 0 fully saturated rings. The third-order valence-electron chi connectivity index (χ3n) is 3.76. The van der Waals surface area contributed by atoms with Gasteiger partial charge in [0.2, 0.25) is 5.91 Å². The van der Waals surface area contributed by atoms with E-state index < -0.39 is 5.91 Å². The van der Waals surface area contributed by atoms with E-state index in [2.05, 4.69) is 15.8 Å². The molecule has 28 heavy (non-hydrogen) atoms. The molecule has 2 aromatic rings. The molecule has 0 aliphatic carbocycles. The minimum Gasteiger partial charge on any atom is -0.497 e. The Morgan fingerprint density at radius 1 is 0.964 bits per heavy atom. The SMILES string of the molecule is COc1cc(OC)cc(C(=O)N/N=C(\C)CC(=O)Nc2ccccc2OC)c1. The van der Waals surface area contributed by atoms with Gasteiger partial charge in [-0.05, 0) is 31.2 Å². The van der Waals surface area contributed by atoms with Crippen LogP contribution < -0.4 is 25.0 Å². The van der Waals surface area contributed by atoms with Gasteiger partial charge in [0.05, 0.1) is 33.4 Å². The van der Waals surface area contributed by atoms with E-state index in [0.717, 1.165) is 0 Å². The Balaban J connectivity index is 1.98. The first-order chi connectivity index (χ1) is 13.5. The highest BCUT2D eigenvalue weighted by atomic mass is 16.5. The number of benzene rings is 2. The molecule has 8 nitrogen and oxygen atoms in total. The molecular weight excluding hydrogens is 362 g/mol. The van der Waals surface area contributed by atoms with Crippen molar-refractivity contribution in [3.8, 4) is 17.2 Å². The number of hydrazone groups is 1. The molecule has 2 rings (SSSR count). The van der Waals surface area contributed by atoms with Crippen molar-refractivity contribution in [2.24, 2.45) is 5.10 Å². The van der Waals surface area contributed by atoms with Crippen molar-refractivity contribution >= 4 is 23.2 Å². The Morgan fingerprint density at radius 2 is 1.61 bits per heavy atom. The predicted octanol–water partition coefficient (Wildman–Crippen LogP) is 2.85. The third kappa shape index (κ3) is 5.73. The normalized spacial score (nSPS) is 10.8. The number of methoxy groups -OCH3 is 3. The van der Waals surface area contributed by atoms with Crippen molar-refractivity contribution in [2.45, 2.75) is 13.3 Å². The highest BCUT2D eigenvalue weighted by molar-refractivity contribution is 6.06. The van der Waals surface area contributed by atoms with Crippen LogP contribution in [0.3, 0.4) is 0 Å². The maximum absolute atomic E-state index is 12.3. The largest absolute Gasteiger partial charge is 0.497 e. The lowest BCUT2D eigenvalue weighted by Gasteiger charge is -2.10. The van der Waals surface area contributed by atoms with Gasteiger partial charge in [0.1, 0.15) is 17.2 Å². The molecule has 0 aromatic heterocycles. The smallest absolute Gasteiger partial charge is 0.271 e. The summed E-state index contributed by atoms with van der Waals surface area (Å²) in [5.74, 6) is 0.818. The molecule has 0 aliphatic rings. The Labute approximate surface area is 163 Å². The van der Waals surface area contributed by atoms with Crippen molar-refractivity contribution in [2.75, 3.05) is 26.6 Å². The molecule has 2 N–H and O–H groups in total. The van der Waals surface area contributed by atoms with Crippen molar-refractivity contribution < 1.29 is 23.8 Å². The molecule has 8 heteroatoms. The summed E-state index contributed by atoms with van der Waals surface area (Å²) in [5, 5.41) is 6.73. The molecule has 0 radical (unpaired) electrons. The van der Waals surface area contributed by atoms with Gasteiger partial charge in [0, 0.05) is 17.3 Å². The van der Waals surface area contributed by atoms with Crippen LogP contribution in [0.25, 0.3) is 0 Å². The van der Waals surface area contributed by atoms with Gasteiger partial charge in [-0.1, -0.05) is 12.1 Å². The molecule has 2 amide bonds. The number of amides is 2. The van der Waals surface area contributed by atoms with Gasteiger partial charge in [0.15, 0.2) is 0 Å². The molecule has 0 unspecified atom stereocenters. The van der Waals surface area contributed by atoms with Crippen LogP contribution in [0, 0.1) is 0 Å². The molecule has 0 spiro atoms. The summed E-state index contributed by atoms with van der Waals surface area (Å²) in [6.45, 7) is 1.65. The summed E-state index contributed by atoms with van der Waals surface area (Å²) in [7, 11) is 4.53. The molecule has 148 valence electrons. The molecule has 0 heterocycles. The van der Waals surface area contributed by atoms with Crippen molar-refractivity contribution in [1.29, 1.82) is 0 Å². The average molecular weight is 385 g/mol. The van der Waals surface area contributed by atoms with Gasteiger partial charge >= 0.3 is 0 Å². The van der Waals surface area contributed by atoms with Crippen molar-refractivity contribution in [1.82, 2.24) is 5.43 Å². The number of nitrogens with zero attached hydrogens (tertiary/aromatic N) is 1. The molecule has 0 atom stereocenters. The topological polar surface area (TPSA) is 98.3 Å². The van der Waals surface area contributed by atoms with Crippen molar-refractivity contribution in [3.05, 3.63) is 48.0 Å². The summed E-state index contributed by atoms with van der Waals surface area (Å²) < 4.78 is 15.5. The average Bonchev–Trinajstić information content (AvgIpc) is 2.71. The minimum absolute atomic E-state index is 0.0137. The molecule has 0 saturated carbocycles. The lowest BCUT2D eigenvalue weighted by Crippen LogP contribution is -2.21. The molecular formula is C20H23N3O5. The second kappa shape index (κ2) is 9.96. The molecule has 0 aliphatic heterocycles. The van der Waals surface area contributed by atoms with Gasteiger partial charge in [-0.3, -0.25) is 9.59 Å². The van der Waals surface area contributed by atoms with Crippen LogP contribution in [0.5, 0.6) is 17.2 Å². The number of hydrogen-bond acceptors (Lipinski definition) is 6. The molecule has 0 saturated heterocycles. The van der Waals surface area contributed by atoms with E-state index in [0.29, 0.717) is 34.2 Å². The zero-order valence-electron chi connectivity index (χ0n) is 16.2. The highest BCUT2D eigenvalue weighted by Gasteiger charge is 2.11. The number of anilines is 1. The first-order valence-corrected chi connectivity index (χ1v) is 8.46. The predicted molar refractivity (Wildman–Crippen MR) is 106 cm³/mol. The highest BCUT2D eigenvalue weighted by Crippen LogP contribution is 2.23. The molecule has 0 bridgehead atoms. The van der Waals surface area contributed by atoms with Crippen molar-refractivity contribution in [3.63, 3.8) is 0 Å². The summed E-state index contributed by atoms with van der Waals surface area (Å²) >= 11 is 0. The van der Waals surface area contributed by atoms with Crippen LogP contribution in [0.15, 0.2) is 47.6 Å². The molecule has 2 aromatic carbocycles. The number of hydrogen-bond donors (Lipinski definition) is 2. The number of nitrogens with one attached hydrogen (secondary N) is 2. The first-order valence-electron chi connectivity index (χ1n) is 8.46. The van der Waals surface area contributed by atoms with E-state index in [1.54, 1.807) is 43.3 Å². The second-order valence-corrected chi connectivity index (χ2v) is 5.81. The standard InChI is InChI=1S/C20H23N3O5/c1-13(9-19(24)21-17-7-5-6-8-18(17)28-4)22-23-20(25)14-10-15(26-2)12-16(11-14)27-3/h5-8,10-12H,9H2,1-4H3,(H,21,24)(H,23,25)/b22-13+. The van der Waals surface area contributed by atoms with E-state index in [1.165, 1.54) is 21.3 Å². The van der Waals surface area contributed by atoms with Crippen LogP contribution in [0.2, 0.25) is 0 Å². The quantitative estimate of drug-likeness (QED) is 0.538. The number of carbonyl (C=O) groups is 2. The van der Waals surface area contributed by atoms with Crippen LogP contribution in [-0.2, 0) is 4.79 Å². The van der Waals surface area contributed by atoms with Crippen LogP contribution in [0.1, 0.15) is 23.7 Å². The van der Waals surface area contributed by atoms with Gasteiger partial charge in [-0.2, -0.15) is 5.10 Å². The van der Waals surface area contributed by atoms with Gasteiger partial charge in [0.25, 0.3) is 5.91 Å². The minimum atomic E-state index is -0.443. The maximum Gasteiger partial charge on any atom is 0.271 e.